The summed E-state index contributed by atoms with van der Waals surface area (Å²) in [6.45, 7) is 9.89. The van der Waals surface area contributed by atoms with Gasteiger partial charge in [-0.2, -0.15) is 0 Å². The summed E-state index contributed by atoms with van der Waals surface area (Å²) in [6, 6.07) is 9.15. The standard InChI is InChI=1S/C30H38N6O4/c1-4-27(38)35-15-6-5-8-23(19-35)36-28-25(32-30(36)33-29(39)22-11-14-31-20(2)18-22)9-7-10-26(28)40-24-12-16-34(17-13-24)21(3)37/h4,7,9-11,14,18,23-24,27,38H,1,5-6,8,12-13,15-17,19H2,2-3H3,(H,32,33,39). The van der Waals surface area contributed by atoms with Gasteiger partial charge in [-0.05, 0) is 50.1 Å². The van der Waals surface area contributed by atoms with Crippen molar-refractivity contribution < 1.29 is 19.4 Å². The number of hydrogen-bond acceptors (Lipinski definition) is 7. The van der Waals surface area contributed by atoms with Crippen LogP contribution < -0.4 is 10.1 Å². The fourth-order valence-electron chi connectivity index (χ4n) is 5.73. The van der Waals surface area contributed by atoms with Crippen LogP contribution >= 0.6 is 0 Å². The van der Waals surface area contributed by atoms with Gasteiger partial charge in [0.2, 0.25) is 11.9 Å². The molecule has 2 aliphatic rings. The normalized spacial score (nSPS) is 19.7. The van der Waals surface area contributed by atoms with E-state index in [2.05, 4.69) is 21.4 Å². The molecule has 2 unspecified atom stereocenters. The van der Waals surface area contributed by atoms with Gasteiger partial charge in [0.1, 0.15) is 23.6 Å². The summed E-state index contributed by atoms with van der Waals surface area (Å²) >= 11 is 0. The molecule has 0 bridgehead atoms. The summed E-state index contributed by atoms with van der Waals surface area (Å²) in [5.74, 6) is 0.962. The topological polar surface area (TPSA) is 113 Å². The third-order valence-corrected chi connectivity index (χ3v) is 7.87. The van der Waals surface area contributed by atoms with E-state index in [1.165, 1.54) is 0 Å². The minimum absolute atomic E-state index is 0.0318. The Balaban J connectivity index is 1.53. The number of benzene rings is 1. The van der Waals surface area contributed by atoms with Crippen molar-refractivity contribution in [3.8, 4) is 5.75 Å². The van der Waals surface area contributed by atoms with E-state index in [-0.39, 0.29) is 24.0 Å². The number of carbonyl (C=O) groups excluding carboxylic acids is 2. The minimum atomic E-state index is -0.754. The fourth-order valence-corrected chi connectivity index (χ4v) is 5.73. The lowest BCUT2D eigenvalue weighted by Gasteiger charge is -2.32. The van der Waals surface area contributed by atoms with Crippen LogP contribution in [0.15, 0.2) is 49.2 Å². The second-order valence-electron chi connectivity index (χ2n) is 10.7. The van der Waals surface area contributed by atoms with Gasteiger partial charge in [-0.25, -0.2) is 4.98 Å². The van der Waals surface area contributed by atoms with Crippen LogP contribution in [0.3, 0.4) is 0 Å². The van der Waals surface area contributed by atoms with Crippen LogP contribution in [-0.2, 0) is 4.79 Å². The first-order valence-corrected chi connectivity index (χ1v) is 14.1. The number of carbonyl (C=O) groups is 2. The highest BCUT2D eigenvalue weighted by atomic mass is 16.5. The maximum absolute atomic E-state index is 13.3. The van der Waals surface area contributed by atoms with Gasteiger partial charge < -0.3 is 19.3 Å². The number of amides is 2. The molecule has 212 valence electrons. The number of pyridine rings is 1. The number of nitrogens with one attached hydrogen (secondary N) is 1. The van der Waals surface area contributed by atoms with Gasteiger partial charge >= 0.3 is 0 Å². The van der Waals surface area contributed by atoms with Crippen LogP contribution in [0.4, 0.5) is 5.95 Å². The first-order valence-electron chi connectivity index (χ1n) is 14.1. The molecule has 4 heterocycles. The lowest BCUT2D eigenvalue weighted by molar-refractivity contribution is -0.130. The number of aryl methyl sites for hydroxylation is 1. The predicted molar refractivity (Wildman–Crippen MR) is 153 cm³/mol. The van der Waals surface area contributed by atoms with Crippen molar-refractivity contribution in [1.29, 1.82) is 0 Å². The smallest absolute Gasteiger partial charge is 0.258 e. The highest BCUT2D eigenvalue weighted by Crippen LogP contribution is 2.36. The first kappa shape index (κ1) is 27.8. The van der Waals surface area contributed by atoms with Crippen molar-refractivity contribution in [1.82, 2.24) is 24.3 Å². The van der Waals surface area contributed by atoms with Gasteiger partial charge in [-0.1, -0.05) is 19.1 Å². The van der Waals surface area contributed by atoms with E-state index < -0.39 is 6.23 Å². The average Bonchev–Trinajstić information content (AvgIpc) is 3.14. The van der Waals surface area contributed by atoms with Crippen LogP contribution in [0, 0.1) is 6.92 Å². The summed E-state index contributed by atoms with van der Waals surface area (Å²) < 4.78 is 8.65. The highest BCUT2D eigenvalue weighted by Gasteiger charge is 2.29. The van der Waals surface area contributed by atoms with Crippen LogP contribution in [-0.4, -0.2) is 79.8 Å². The highest BCUT2D eigenvalue weighted by molar-refractivity contribution is 6.04. The van der Waals surface area contributed by atoms with Gasteiger partial charge in [0.05, 0.1) is 11.6 Å². The summed E-state index contributed by atoms with van der Waals surface area (Å²) in [6.07, 6.45) is 6.65. The number of hydrogen-bond donors (Lipinski definition) is 2. The maximum Gasteiger partial charge on any atom is 0.258 e. The van der Waals surface area contributed by atoms with Crippen molar-refractivity contribution >= 4 is 28.8 Å². The molecule has 3 aromatic rings. The van der Waals surface area contributed by atoms with Crippen LogP contribution in [0.25, 0.3) is 11.0 Å². The second kappa shape index (κ2) is 12.2. The molecule has 0 radical (unpaired) electrons. The molecule has 2 N–H and O–H groups in total. The molecule has 5 rings (SSSR count). The lowest BCUT2D eigenvalue weighted by Crippen LogP contribution is -2.40. The number of aromatic nitrogens is 3. The number of ether oxygens (including phenoxy) is 1. The number of piperidine rings is 1. The zero-order valence-corrected chi connectivity index (χ0v) is 23.3. The number of nitrogens with zero attached hydrogens (tertiary/aromatic N) is 5. The number of anilines is 1. The molecule has 2 amide bonds. The van der Waals surface area contributed by atoms with Crippen molar-refractivity contribution in [2.75, 3.05) is 31.5 Å². The lowest BCUT2D eigenvalue weighted by atomic mass is 10.1. The van der Waals surface area contributed by atoms with Crippen LogP contribution in [0.2, 0.25) is 0 Å². The van der Waals surface area contributed by atoms with E-state index in [0.717, 1.165) is 55.4 Å². The molecule has 2 fully saturated rings. The SMILES string of the molecule is C=CC(O)N1CCCCC(n2c(NC(=O)c3ccnc(C)c3)nc3cccc(OC4CCN(C(C)=O)CC4)c32)C1. The Kier molecular flexibility index (Phi) is 8.46. The number of para-hydroxylation sites is 1. The Labute approximate surface area is 234 Å². The van der Waals surface area contributed by atoms with Crippen molar-refractivity contribution in [3.05, 3.63) is 60.4 Å². The third-order valence-electron chi connectivity index (χ3n) is 7.87. The van der Waals surface area contributed by atoms with E-state index in [0.29, 0.717) is 36.9 Å². The zero-order chi connectivity index (χ0) is 28.2. The zero-order valence-electron chi connectivity index (χ0n) is 23.3. The third kappa shape index (κ3) is 6.03. The van der Waals surface area contributed by atoms with E-state index >= 15 is 0 Å². The Morgan fingerprint density at radius 3 is 2.70 bits per heavy atom. The number of imidazole rings is 1. The molecule has 2 atom stereocenters. The number of aliphatic hydroxyl groups is 1. The molecule has 2 aliphatic heterocycles. The van der Waals surface area contributed by atoms with Gasteiger partial charge in [0.25, 0.3) is 5.91 Å². The monoisotopic (exact) mass is 546 g/mol. The molecule has 0 saturated carbocycles. The molecule has 40 heavy (non-hydrogen) atoms. The van der Waals surface area contributed by atoms with E-state index in [4.69, 9.17) is 9.72 Å². The predicted octanol–water partition coefficient (Wildman–Crippen LogP) is 3.91. The van der Waals surface area contributed by atoms with Crippen molar-refractivity contribution in [2.24, 2.45) is 0 Å². The maximum atomic E-state index is 13.3. The van der Waals surface area contributed by atoms with Crippen LogP contribution in [0.1, 0.15) is 61.1 Å². The van der Waals surface area contributed by atoms with E-state index in [1.54, 1.807) is 31.3 Å². The molecule has 2 aromatic heterocycles. The van der Waals surface area contributed by atoms with Gasteiger partial charge in [-0.3, -0.25) is 24.8 Å². The molecular formula is C30H38N6O4. The molecule has 10 nitrogen and oxygen atoms in total. The Morgan fingerprint density at radius 2 is 1.98 bits per heavy atom. The number of aliphatic hydroxyl groups excluding tert-OH is 1. The largest absolute Gasteiger partial charge is 0.488 e. The quantitative estimate of drug-likeness (QED) is 0.432. The number of likely N-dealkylation sites (tertiary alicyclic amines) is 2. The van der Waals surface area contributed by atoms with Gasteiger partial charge in [0.15, 0.2) is 0 Å². The summed E-state index contributed by atoms with van der Waals surface area (Å²) in [4.78, 5) is 38.1. The molecule has 2 saturated heterocycles. The first-order chi connectivity index (χ1) is 19.3. The average molecular weight is 547 g/mol. The molecule has 0 aliphatic carbocycles. The van der Waals surface area contributed by atoms with Gasteiger partial charge in [0, 0.05) is 63.4 Å². The summed E-state index contributed by atoms with van der Waals surface area (Å²) in [5.41, 5.74) is 2.80. The molecule has 1 aromatic carbocycles. The molecular weight excluding hydrogens is 508 g/mol. The molecule has 10 heteroatoms. The van der Waals surface area contributed by atoms with Crippen molar-refractivity contribution in [3.63, 3.8) is 0 Å². The Bertz CT molecular complexity index is 1380. The van der Waals surface area contributed by atoms with E-state index in [1.807, 2.05) is 34.9 Å². The minimum Gasteiger partial charge on any atom is -0.488 e. The second-order valence-corrected chi connectivity index (χ2v) is 10.7. The fraction of sp³-hybridized carbons (Fsp3) is 0.467. The summed E-state index contributed by atoms with van der Waals surface area (Å²) in [5, 5.41) is 13.7. The van der Waals surface area contributed by atoms with E-state index in [9.17, 15) is 14.7 Å². The van der Waals surface area contributed by atoms with Crippen LogP contribution in [0.5, 0.6) is 5.75 Å². The number of fused-ring (bicyclic) bond motifs is 1. The van der Waals surface area contributed by atoms with Crippen molar-refractivity contribution in [2.45, 2.75) is 64.3 Å². The summed E-state index contributed by atoms with van der Waals surface area (Å²) in [7, 11) is 0. The Hall–Kier alpha value is -3.76. The van der Waals surface area contributed by atoms with Gasteiger partial charge in [-0.15, -0.1) is 0 Å². The number of rotatable bonds is 7. The molecule has 0 spiro atoms. The Morgan fingerprint density at radius 1 is 1.18 bits per heavy atom.